The van der Waals surface area contributed by atoms with Gasteiger partial charge in [-0.25, -0.2) is 4.79 Å². The fourth-order valence-corrected chi connectivity index (χ4v) is 2.54. The molecule has 25 heavy (non-hydrogen) atoms. The largest absolute Gasteiger partial charge is 0.383 e. The molecule has 1 aromatic carbocycles. The van der Waals surface area contributed by atoms with Gasteiger partial charge in [-0.1, -0.05) is 30.3 Å². The number of nitrogens with zero attached hydrogens (tertiary/aromatic N) is 2. The molecule has 136 valence electrons. The summed E-state index contributed by atoms with van der Waals surface area (Å²) in [5, 5.41) is 0. The number of hydrogen-bond donors (Lipinski definition) is 2. The van der Waals surface area contributed by atoms with Crippen LogP contribution in [0.3, 0.4) is 0 Å². The van der Waals surface area contributed by atoms with E-state index < -0.39 is 11.2 Å². The molecular formula is C17H24N4O4. The van der Waals surface area contributed by atoms with Crippen LogP contribution in [0, 0.1) is 0 Å². The van der Waals surface area contributed by atoms with Crippen molar-refractivity contribution >= 4 is 11.5 Å². The Labute approximate surface area is 145 Å². The highest BCUT2D eigenvalue weighted by atomic mass is 16.5. The summed E-state index contributed by atoms with van der Waals surface area (Å²) in [5.41, 5.74) is 6.31. The molecule has 0 spiro atoms. The van der Waals surface area contributed by atoms with Gasteiger partial charge in [0.05, 0.1) is 19.8 Å². The van der Waals surface area contributed by atoms with Crippen molar-refractivity contribution in [2.75, 3.05) is 51.2 Å². The normalized spacial score (nSPS) is 10.8. The maximum Gasteiger partial charge on any atom is 0.330 e. The molecule has 3 N–H and O–H groups in total. The number of nitrogens with one attached hydrogen (secondary N) is 1. The van der Waals surface area contributed by atoms with Gasteiger partial charge >= 0.3 is 5.69 Å². The Bertz CT molecular complexity index is 777. The van der Waals surface area contributed by atoms with Crippen molar-refractivity contribution in [3.8, 4) is 0 Å². The van der Waals surface area contributed by atoms with Gasteiger partial charge in [0.15, 0.2) is 0 Å². The molecule has 0 saturated carbocycles. The maximum atomic E-state index is 12.4. The molecular weight excluding hydrogens is 324 g/mol. The van der Waals surface area contributed by atoms with Crippen molar-refractivity contribution in [1.29, 1.82) is 0 Å². The lowest BCUT2D eigenvalue weighted by Crippen LogP contribution is -2.41. The molecule has 2 rings (SSSR count). The highest BCUT2D eigenvalue weighted by molar-refractivity contribution is 5.62. The molecule has 0 aliphatic rings. The molecule has 0 aliphatic heterocycles. The molecule has 8 nitrogen and oxygen atoms in total. The Hall–Kier alpha value is -2.58. The minimum atomic E-state index is -0.534. The molecule has 0 fully saturated rings. The summed E-state index contributed by atoms with van der Waals surface area (Å²) < 4.78 is 11.6. The number of anilines is 2. The van der Waals surface area contributed by atoms with Crippen molar-refractivity contribution in [3.05, 3.63) is 56.7 Å². The Morgan fingerprint density at radius 2 is 1.68 bits per heavy atom. The van der Waals surface area contributed by atoms with Gasteiger partial charge in [-0.15, -0.1) is 0 Å². The Morgan fingerprint density at radius 1 is 1.08 bits per heavy atom. The molecule has 1 heterocycles. The second-order valence-corrected chi connectivity index (χ2v) is 5.54. The van der Waals surface area contributed by atoms with Gasteiger partial charge in [0, 0.05) is 27.3 Å². The van der Waals surface area contributed by atoms with Crippen LogP contribution in [-0.2, 0) is 16.0 Å². The predicted molar refractivity (Wildman–Crippen MR) is 97.2 cm³/mol. The van der Waals surface area contributed by atoms with Crippen LogP contribution in [0.5, 0.6) is 0 Å². The molecule has 0 saturated heterocycles. The van der Waals surface area contributed by atoms with Gasteiger partial charge in [0.1, 0.15) is 11.5 Å². The van der Waals surface area contributed by atoms with E-state index >= 15 is 0 Å². The van der Waals surface area contributed by atoms with Gasteiger partial charge < -0.3 is 20.1 Å². The number of hydrogen-bond acceptors (Lipinski definition) is 6. The molecule has 1 aromatic heterocycles. The van der Waals surface area contributed by atoms with Crippen LogP contribution >= 0.6 is 0 Å². The van der Waals surface area contributed by atoms with E-state index in [9.17, 15) is 9.59 Å². The first-order valence-corrected chi connectivity index (χ1v) is 7.97. The van der Waals surface area contributed by atoms with Gasteiger partial charge in [-0.05, 0) is 5.56 Å². The monoisotopic (exact) mass is 348 g/mol. The highest BCUT2D eigenvalue weighted by Crippen LogP contribution is 2.17. The Kier molecular flexibility index (Phi) is 6.79. The molecule has 2 aromatic rings. The topological polar surface area (TPSA) is 103 Å². The number of nitrogen functional groups attached to an aromatic ring is 1. The maximum absolute atomic E-state index is 12.4. The smallest absolute Gasteiger partial charge is 0.330 e. The predicted octanol–water partition coefficient (Wildman–Crippen LogP) is 0.266. The van der Waals surface area contributed by atoms with Crippen LogP contribution in [0.1, 0.15) is 5.56 Å². The minimum absolute atomic E-state index is 0.129. The zero-order chi connectivity index (χ0) is 18.2. The quantitative estimate of drug-likeness (QED) is 0.674. The van der Waals surface area contributed by atoms with Gasteiger partial charge in [-0.3, -0.25) is 14.3 Å². The van der Waals surface area contributed by atoms with E-state index in [1.54, 1.807) is 19.1 Å². The number of methoxy groups -OCH3 is 2. The lowest BCUT2D eigenvalue weighted by atomic mass is 10.2. The van der Waals surface area contributed by atoms with Crippen LogP contribution in [0.15, 0.2) is 39.9 Å². The van der Waals surface area contributed by atoms with Gasteiger partial charge in [0.2, 0.25) is 0 Å². The zero-order valence-corrected chi connectivity index (χ0v) is 14.5. The fourth-order valence-electron chi connectivity index (χ4n) is 2.54. The van der Waals surface area contributed by atoms with E-state index in [0.29, 0.717) is 26.3 Å². The highest BCUT2D eigenvalue weighted by Gasteiger charge is 2.18. The van der Waals surface area contributed by atoms with Crippen LogP contribution in [0.25, 0.3) is 0 Å². The molecule has 0 unspecified atom stereocenters. The summed E-state index contributed by atoms with van der Waals surface area (Å²) in [7, 11) is 3.16. The first-order chi connectivity index (χ1) is 12.1. The van der Waals surface area contributed by atoms with E-state index in [-0.39, 0.29) is 18.1 Å². The standard InChI is InChI=1S/C17H24N4O4/c1-24-10-8-20(9-11-25-2)14-15(18)21(17(23)19-16(14)22)12-13-6-4-3-5-7-13/h3-7H,8-12,18H2,1-2H3,(H,19,22,23). The second kappa shape index (κ2) is 9.05. The number of ether oxygens (including phenoxy) is 2. The summed E-state index contributed by atoms with van der Waals surface area (Å²) in [5.74, 6) is 0.129. The summed E-state index contributed by atoms with van der Waals surface area (Å²) >= 11 is 0. The van der Waals surface area contributed by atoms with Crippen molar-refractivity contribution in [2.24, 2.45) is 0 Å². The zero-order valence-electron chi connectivity index (χ0n) is 14.5. The van der Waals surface area contributed by atoms with E-state index in [2.05, 4.69) is 4.98 Å². The average molecular weight is 348 g/mol. The summed E-state index contributed by atoms with van der Waals surface area (Å²) in [6, 6.07) is 9.44. The van der Waals surface area contributed by atoms with E-state index in [4.69, 9.17) is 15.2 Å². The molecule has 0 bridgehead atoms. The lowest BCUT2D eigenvalue weighted by molar-refractivity contribution is 0.190. The summed E-state index contributed by atoms with van der Waals surface area (Å²) in [6.07, 6.45) is 0. The van der Waals surface area contributed by atoms with Crippen molar-refractivity contribution in [2.45, 2.75) is 6.54 Å². The van der Waals surface area contributed by atoms with E-state index in [1.807, 2.05) is 30.3 Å². The Morgan fingerprint density at radius 3 is 2.24 bits per heavy atom. The molecule has 8 heteroatoms. The van der Waals surface area contributed by atoms with Crippen LogP contribution in [0.2, 0.25) is 0 Å². The van der Waals surface area contributed by atoms with Crippen LogP contribution in [-0.4, -0.2) is 50.1 Å². The molecule has 0 radical (unpaired) electrons. The number of nitrogens with two attached hydrogens (primary N) is 1. The molecule has 0 atom stereocenters. The number of aromatic nitrogens is 2. The number of aromatic amines is 1. The molecule has 0 aliphatic carbocycles. The second-order valence-electron chi connectivity index (χ2n) is 5.54. The number of benzene rings is 1. The van der Waals surface area contributed by atoms with Crippen molar-refractivity contribution < 1.29 is 9.47 Å². The minimum Gasteiger partial charge on any atom is -0.383 e. The SMILES string of the molecule is COCCN(CCOC)c1c(N)n(Cc2ccccc2)c(=O)[nH]c1=O. The number of H-pyrrole nitrogens is 1. The van der Waals surface area contributed by atoms with Crippen LogP contribution in [0.4, 0.5) is 11.5 Å². The molecule has 0 amide bonds. The number of rotatable bonds is 9. The lowest BCUT2D eigenvalue weighted by Gasteiger charge is -2.25. The van der Waals surface area contributed by atoms with Gasteiger partial charge in [-0.2, -0.15) is 0 Å². The van der Waals surface area contributed by atoms with Crippen LogP contribution < -0.4 is 21.9 Å². The van der Waals surface area contributed by atoms with Crippen molar-refractivity contribution in [3.63, 3.8) is 0 Å². The van der Waals surface area contributed by atoms with E-state index in [0.717, 1.165) is 5.56 Å². The Balaban J connectivity index is 2.44. The summed E-state index contributed by atoms with van der Waals surface area (Å²) in [6.45, 7) is 2.02. The average Bonchev–Trinajstić information content (AvgIpc) is 2.61. The summed E-state index contributed by atoms with van der Waals surface area (Å²) in [4.78, 5) is 28.7. The third-order valence-corrected chi connectivity index (χ3v) is 3.84. The third-order valence-electron chi connectivity index (χ3n) is 3.84. The van der Waals surface area contributed by atoms with Crippen molar-refractivity contribution in [1.82, 2.24) is 9.55 Å². The van der Waals surface area contributed by atoms with E-state index in [1.165, 1.54) is 4.57 Å². The fraction of sp³-hybridized carbons (Fsp3) is 0.412. The third kappa shape index (κ3) is 4.71. The first-order valence-electron chi connectivity index (χ1n) is 7.97. The first kappa shape index (κ1) is 18.8. The van der Waals surface area contributed by atoms with Gasteiger partial charge in [0.25, 0.3) is 5.56 Å².